The number of methoxy groups -OCH3 is 2. The van der Waals surface area contributed by atoms with Gasteiger partial charge in [-0.3, -0.25) is 14.6 Å². The second-order valence-corrected chi connectivity index (χ2v) is 12.7. The largest absolute Gasteiger partial charge is 0.481 e. The van der Waals surface area contributed by atoms with E-state index in [0.717, 1.165) is 11.1 Å². The molecule has 2 unspecified atom stereocenters. The van der Waals surface area contributed by atoms with E-state index in [1.807, 2.05) is 48.2 Å². The van der Waals surface area contributed by atoms with Gasteiger partial charge in [-0.25, -0.2) is 0 Å². The molecular formula is C35H42F3N5O5. The van der Waals surface area contributed by atoms with Crippen molar-refractivity contribution >= 4 is 5.91 Å². The van der Waals surface area contributed by atoms with Gasteiger partial charge in [0.05, 0.1) is 38.4 Å². The van der Waals surface area contributed by atoms with Gasteiger partial charge < -0.3 is 23.8 Å². The highest BCUT2D eigenvalue weighted by molar-refractivity contribution is 5.84. The summed E-state index contributed by atoms with van der Waals surface area (Å²) >= 11 is 0. The molecule has 1 amide bonds. The monoisotopic (exact) mass is 669 g/mol. The van der Waals surface area contributed by atoms with Gasteiger partial charge in [0, 0.05) is 57.3 Å². The summed E-state index contributed by atoms with van der Waals surface area (Å²) in [5.74, 6) is -0.0544. The molecular weight excluding hydrogens is 627 g/mol. The molecule has 0 bridgehead atoms. The molecule has 2 atom stereocenters. The maximum atomic E-state index is 13.8. The lowest BCUT2D eigenvalue weighted by Gasteiger charge is -2.55. The summed E-state index contributed by atoms with van der Waals surface area (Å²) in [6.45, 7) is 4.51. The molecule has 258 valence electrons. The number of hydrogen-bond donors (Lipinski definition) is 0. The van der Waals surface area contributed by atoms with Gasteiger partial charge in [-0.05, 0) is 17.5 Å². The number of piperazine rings is 2. The number of nitrogens with zero attached hydrogens (tertiary/aromatic N) is 5. The van der Waals surface area contributed by atoms with Gasteiger partial charge in [-0.15, -0.1) is 0 Å². The van der Waals surface area contributed by atoms with E-state index in [1.54, 1.807) is 0 Å². The minimum absolute atomic E-state index is 0.0167. The second kappa shape index (κ2) is 14.3. The molecule has 4 heterocycles. The Morgan fingerprint density at radius 1 is 0.938 bits per heavy atom. The number of ether oxygens (including phenoxy) is 4. The summed E-state index contributed by atoms with van der Waals surface area (Å²) in [6.07, 6.45) is -3.86. The first-order valence-corrected chi connectivity index (χ1v) is 16.3. The standard InChI is InChI=1S/C35H42F3N5O5/c1-4-34(21-47-22-34)32(44)42-15-16-43-26(18-42)17-41(19-27-30(45-2)39-33(46-3)40-31(27)48-23-35(36,37)38)20-28(43)29(24-11-7-5-8-12-24)25-13-9-6-10-14-25/h5-14,26,28-29H,4,15-23H2,1-3H3. The normalized spacial score (nSPS) is 21.4. The Labute approximate surface area is 278 Å². The Bertz CT molecular complexity index is 1500. The minimum atomic E-state index is -4.57. The van der Waals surface area contributed by atoms with E-state index < -0.39 is 18.2 Å². The Morgan fingerprint density at radius 2 is 1.58 bits per heavy atom. The number of rotatable bonds is 11. The number of alkyl halides is 3. The minimum Gasteiger partial charge on any atom is -0.481 e. The molecule has 3 fully saturated rings. The average molecular weight is 670 g/mol. The van der Waals surface area contributed by atoms with Crippen LogP contribution in [0, 0.1) is 5.41 Å². The molecule has 10 nitrogen and oxygen atoms in total. The van der Waals surface area contributed by atoms with Crippen molar-refractivity contribution in [2.24, 2.45) is 5.41 Å². The van der Waals surface area contributed by atoms with E-state index in [0.29, 0.717) is 57.9 Å². The van der Waals surface area contributed by atoms with E-state index in [1.165, 1.54) is 14.2 Å². The van der Waals surface area contributed by atoms with Crippen LogP contribution in [0.1, 0.15) is 36.0 Å². The van der Waals surface area contributed by atoms with Crippen molar-refractivity contribution in [2.75, 3.05) is 66.8 Å². The third kappa shape index (κ3) is 7.08. The van der Waals surface area contributed by atoms with E-state index >= 15 is 0 Å². The van der Waals surface area contributed by atoms with E-state index in [-0.39, 0.29) is 48.2 Å². The molecule has 0 saturated carbocycles. The number of amides is 1. The third-order valence-electron chi connectivity index (χ3n) is 9.79. The predicted octanol–water partition coefficient (Wildman–Crippen LogP) is 4.39. The summed E-state index contributed by atoms with van der Waals surface area (Å²) in [4.78, 5) is 29.0. The first kappa shape index (κ1) is 33.9. The topological polar surface area (TPSA) is 89.5 Å². The van der Waals surface area contributed by atoms with Crippen molar-refractivity contribution < 1.29 is 36.9 Å². The average Bonchev–Trinajstić information content (AvgIpc) is 3.07. The Kier molecular flexibility index (Phi) is 10.1. The Hall–Kier alpha value is -3.94. The molecule has 0 aliphatic carbocycles. The van der Waals surface area contributed by atoms with Crippen LogP contribution in [0.5, 0.6) is 17.8 Å². The first-order valence-electron chi connectivity index (χ1n) is 16.3. The third-order valence-corrected chi connectivity index (χ3v) is 9.79. The number of benzene rings is 2. The first-order chi connectivity index (χ1) is 23.1. The van der Waals surface area contributed by atoms with Crippen LogP contribution in [-0.2, 0) is 16.1 Å². The van der Waals surface area contributed by atoms with Crippen LogP contribution in [0.25, 0.3) is 0 Å². The van der Waals surface area contributed by atoms with Crippen LogP contribution in [0.4, 0.5) is 13.2 Å². The number of carbonyl (C=O) groups excluding carboxylic acids is 1. The maximum absolute atomic E-state index is 13.8. The van der Waals surface area contributed by atoms with Gasteiger partial charge in [0.25, 0.3) is 0 Å². The zero-order valence-corrected chi connectivity index (χ0v) is 27.5. The lowest BCUT2D eigenvalue weighted by atomic mass is 9.80. The van der Waals surface area contributed by atoms with Gasteiger partial charge in [0.15, 0.2) is 6.61 Å². The van der Waals surface area contributed by atoms with Crippen molar-refractivity contribution in [2.45, 2.75) is 44.1 Å². The van der Waals surface area contributed by atoms with Gasteiger partial charge in [-0.2, -0.15) is 23.1 Å². The summed E-state index contributed by atoms with van der Waals surface area (Å²) in [5.41, 5.74) is 2.13. The summed E-state index contributed by atoms with van der Waals surface area (Å²) in [7, 11) is 2.73. The number of carbonyl (C=O) groups is 1. The molecule has 1 aromatic heterocycles. The van der Waals surface area contributed by atoms with Crippen molar-refractivity contribution in [3.8, 4) is 17.8 Å². The Balaban J connectivity index is 1.37. The van der Waals surface area contributed by atoms with Crippen molar-refractivity contribution in [1.29, 1.82) is 0 Å². The SMILES string of the molecule is CCC1(C(=O)N2CCN3C(CN(Cc4c(OC)nc(OC)nc4OCC(F)(F)F)CC3C(c3ccccc3)c3ccccc3)C2)COC1. The van der Waals surface area contributed by atoms with Crippen molar-refractivity contribution in [1.82, 2.24) is 24.7 Å². The molecule has 3 saturated heterocycles. The molecule has 3 aromatic rings. The van der Waals surface area contributed by atoms with Crippen LogP contribution < -0.4 is 14.2 Å². The van der Waals surface area contributed by atoms with Crippen LogP contribution in [0.3, 0.4) is 0 Å². The second-order valence-electron chi connectivity index (χ2n) is 12.7. The molecule has 0 spiro atoms. The van der Waals surface area contributed by atoms with Gasteiger partial charge in [0.1, 0.15) is 0 Å². The van der Waals surface area contributed by atoms with E-state index in [4.69, 9.17) is 18.9 Å². The molecule has 2 aromatic carbocycles. The fourth-order valence-corrected chi connectivity index (χ4v) is 7.25. The zero-order valence-electron chi connectivity index (χ0n) is 27.5. The van der Waals surface area contributed by atoms with E-state index in [9.17, 15) is 18.0 Å². The lowest BCUT2D eigenvalue weighted by molar-refractivity contribution is -0.177. The summed E-state index contributed by atoms with van der Waals surface area (Å²) < 4.78 is 61.3. The molecule has 6 rings (SSSR count). The van der Waals surface area contributed by atoms with Crippen molar-refractivity contribution in [3.63, 3.8) is 0 Å². The highest BCUT2D eigenvalue weighted by atomic mass is 19.4. The van der Waals surface area contributed by atoms with Crippen LogP contribution in [-0.4, -0.2) is 116 Å². The van der Waals surface area contributed by atoms with E-state index in [2.05, 4.69) is 44.0 Å². The maximum Gasteiger partial charge on any atom is 0.422 e. The zero-order chi connectivity index (χ0) is 33.9. The quantitative estimate of drug-likeness (QED) is 0.295. The molecule has 0 N–H and O–H groups in total. The number of fused-ring (bicyclic) bond motifs is 1. The van der Waals surface area contributed by atoms with Crippen LogP contribution in [0.15, 0.2) is 60.7 Å². The lowest BCUT2D eigenvalue weighted by Crippen LogP contribution is -2.69. The number of hydrogen-bond acceptors (Lipinski definition) is 9. The molecule has 48 heavy (non-hydrogen) atoms. The van der Waals surface area contributed by atoms with Crippen LogP contribution >= 0.6 is 0 Å². The fraction of sp³-hybridized carbons (Fsp3) is 0.514. The number of halogens is 3. The van der Waals surface area contributed by atoms with Gasteiger partial charge in [-0.1, -0.05) is 67.6 Å². The number of aromatic nitrogens is 2. The highest BCUT2D eigenvalue weighted by Gasteiger charge is 2.49. The van der Waals surface area contributed by atoms with Gasteiger partial charge in [0.2, 0.25) is 17.7 Å². The van der Waals surface area contributed by atoms with Crippen molar-refractivity contribution in [3.05, 3.63) is 77.4 Å². The highest BCUT2D eigenvalue weighted by Crippen LogP contribution is 2.39. The Morgan fingerprint density at radius 3 is 2.12 bits per heavy atom. The summed E-state index contributed by atoms with van der Waals surface area (Å²) in [6, 6.07) is 20.5. The predicted molar refractivity (Wildman–Crippen MR) is 171 cm³/mol. The smallest absolute Gasteiger partial charge is 0.422 e. The molecule has 0 radical (unpaired) electrons. The molecule has 3 aliphatic rings. The molecule has 3 aliphatic heterocycles. The van der Waals surface area contributed by atoms with Gasteiger partial charge >= 0.3 is 12.2 Å². The molecule has 13 heteroatoms. The fourth-order valence-electron chi connectivity index (χ4n) is 7.25. The van der Waals surface area contributed by atoms with Crippen LogP contribution in [0.2, 0.25) is 0 Å². The summed E-state index contributed by atoms with van der Waals surface area (Å²) in [5, 5.41) is 0.